The van der Waals surface area contributed by atoms with E-state index in [1.807, 2.05) is 12.1 Å². The van der Waals surface area contributed by atoms with Crippen LogP contribution in [-0.2, 0) is 17.6 Å². The van der Waals surface area contributed by atoms with Crippen molar-refractivity contribution in [3.8, 4) is 0 Å². The number of piperidine rings is 1. The first-order valence-electron chi connectivity index (χ1n) is 8.67. The Bertz CT molecular complexity index is 679. The van der Waals surface area contributed by atoms with E-state index in [0.717, 1.165) is 36.7 Å². The maximum atomic E-state index is 12.5. The molecule has 1 aromatic heterocycles. The summed E-state index contributed by atoms with van der Waals surface area (Å²) in [4.78, 5) is 15.8. The Balaban J connectivity index is 1.50. The average molecular weight is 362 g/mol. The van der Waals surface area contributed by atoms with E-state index in [1.165, 1.54) is 22.4 Å². The lowest BCUT2D eigenvalue weighted by Crippen LogP contribution is -2.40. The minimum atomic E-state index is 0.285. The SMILES string of the molecule is Cc1ccc(C[C@H]2CCCN(C(=O)CCc3ccc(Cl)s3)C2)cc1. The molecule has 1 amide bonds. The van der Waals surface area contributed by atoms with Crippen LogP contribution in [-0.4, -0.2) is 23.9 Å². The fraction of sp³-hybridized carbons (Fsp3) is 0.450. The normalized spacial score (nSPS) is 17.9. The van der Waals surface area contributed by atoms with Crippen molar-refractivity contribution >= 4 is 28.8 Å². The van der Waals surface area contributed by atoms with Crippen LogP contribution in [0.5, 0.6) is 0 Å². The lowest BCUT2D eigenvalue weighted by Gasteiger charge is -2.33. The summed E-state index contributed by atoms with van der Waals surface area (Å²) in [5.41, 5.74) is 2.68. The minimum Gasteiger partial charge on any atom is -0.342 e. The number of hydrogen-bond acceptors (Lipinski definition) is 2. The minimum absolute atomic E-state index is 0.285. The number of benzene rings is 1. The topological polar surface area (TPSA) is 20.3 Å². The van der Waals surface area contributed by atoms with E-state index in [9.17, 15) is 4.79 Å². The largest absolute Gasteiger partial charge is 0.342 e. The highest BCUT2D eigenvalue weighted by Gasteiger charge is 2.23. The van der Waals surface area contributed by atoms with Gasteiger partial charge in [-0.05, 0) is 56.2 Å². The highest BCUT2D eigenvalue weighted by Crippen LogP contribution is 2.24. The number of hydrogen-bond donors (Lipinski definition) is 0. The Hall–Kier alpha value is -1.32. The van der Waals surface area contributed by atoms with Crippen molar-refractivity contribution in [3.05, 3.63) is 56.7 Å². The van der Waals surface area contributed by atoms with E-state index in [4.69, 9.17) is 11.6 Å². The Morgan fingerprint density at radius 2 is 2.04 bits per heavy atom. The zero-order chi connectivity index (χ0) is 16.9. The first-order chi connectivity index (χ1) is 11.6. The molecule has 0 unspecified atom stereocenters. The molecule has 1 saturated heterocycles. The predicted molar refractivity (Wildman–Crippen MR) is 102 cm³/mol. The summed E-state index contributed by atoms with van der Waals surface area (Å²) in [6.07, 6.45) is 4.80. The van der Waals surface area contributed by atoms with Crippen molar-refractivity contribution in [2.24, 2.45) is 5.92 Å². The molecule has 128 valence electrons. The third-order valence-corrected chi connectivity index (χ3v) is 6.02. The lowest BCUT2D eigenvalue weighted by molar-refractivity contribution is -0.132. The van der Waals surface area contributed by atoms with E-state index in [2.05, 4.69) is 36.1 Å². The zero-order valence-corrected chi connectivity index (χ0v) is 15.7. The lowest BCUT2D eigenvalue weighted by atomic mass is 9.91. The van der Waals surface area contributed by atoms with Crippen LogP contribution in [0.15, 0.2) is 36.4 Å². The highest BCUT2D eigenvalue weighted by molar-refractivity contribution is 7.16. The van der Waals surface area contributed by atoms with Gasteiger partial charge in [0.2, 0.25) is 5.91 Å². The van der Waals surface area contributed by atoms with Gasteiger partial charge < -0.3 is 4.90 Å². The van der Waals surface area contributed by atoms with Crippen LogP contribution in [0.2, 0.25) is 4.34 Å². The first-order valence-corrected chi connectivity index (χ1v) is 9.87. The molecule has 0 radical (unpaired) electrons. The van der Waals surface area contributed by atoms with Crippen molar-refractivity contribution < 1.29 is 4.79 Å². The van der Waals surface area contributed by atoms with Gasteiger partial charge in [-0.2, -0.15) is 0 Å². The Morgan fingerprint density at radius 1 is 1.25 bits per heavy atom. The number of amides is 1. The quantitative estimate of drug-likeness (QED) is 0.723. The van der Waals surface area contributed by atoms with Crippen molar-refractivity contribution in [2.45, 2.75) is 39.0 Å². The number of halogens is 1. The van der Waals surface area contributed by atoms with Crippen LogP contribution in [0.3, 0.4) is 0 Å². The van der Waals surface area contributed by atoms with Gasteiger partial charge in [0.15, 0.2) is 0 Å². The van der Waals surface area contributed by atoms with Gasteiger partial charge >= 0.3 is 0 Å². The molecule has 1 atom stereocenters. The summed E-state index contributed by atoms with van der Waals surface area (Å²) in [5.74, 6) is 0.870. The van der Waals surface area contributed by atoms with Gasteiger partial charge in [-0.25, -0.2) is 0 Å². The molecule has 24 heavy (non-hydrogen) atoms. The van der Waals surface area contributed by atoms with Crippen LogP contribution in [0.1, 0.15) is 35.3 Å². The van der Waals surface area contributed by atoms with Crippen molar-refractivity contribution in [2.75, 3.05) is 13.1 Å². The number of rotatable bonds is 5. The summed E-state index contributed by atoms with van der Waals surface area (Å²) in [6.45, 7) is 3.93. The summed E-state index contributed by atoms with van der Waals surface area (Å²) < 4.78 is 0.800. The molecule has 2 nitrogen and oxygen atoms in total. The van der Waals surface area contributed by atoms with Gasteiger partial charge in [-0.3, -0.25) is 4.79 Å². The molecule has 4 heteroatoms. The summed E-state index contributed by atoms with van der Waals surface area (Å²) in [5, 5.41) is 0. The van der Waals surface area contributed by atoms with Crippen LogP contribution < -0.4 is 0 Å². The van der Waals surface area contributed by atoms with Crippen LogP contribution >= 0.6 is 22.9 Å². The molecule has 3 rings (SSSR count). The highest BCUT2D eigenvalue weighted by atomic mass is 35.5. The number of likely N-dealkylation sites (tertiary alicyclic amines) is 1. The molecule has 1 aliphatic heterocycles. The van der Waals surface area contributed by atoms with Crippen LogP contribution in [0.25, 0.3) is 0 Å². The number of nitrogens with zero attached hydrogens (tertiary/aromatic N) is 1. The van der Waals surface area contributed by atoms with E-state index in [0.29, 0.717) is 12.3 Å². The Morgan fingerprint density at radius 3 is 2.75 bits per heavy atom. The Labute approximate surface area is 153 Å². The van der Waals surface area contributed by atoms with Crippen molar-refractivity contribution in [1.82, 2.24) is 4.90 Å². The third kappa shape index (κ3) is 4.84. The standard InChI is InChI=1S/C20H24ClNOS/c1-15-4-6-16(7-5-15)13-17-3-2-12-22(14-17)20(23)11-9-18-8-10-19(21)24-18/h4-8,10,17H,2-3,9,11-14H2,1H3/t17-/m1/s1. The molecule has 0 bridgehead atoms. The van der Waals surface area contributed by atoms with E-state index >= 15 is 0 Å². The van der Waals surface area contributed by atoms with Gasteiger partial charge in [0.1, 0.15) is 0 Å². The molecule has 0 aliphatic carbocycles. The number of aryl methyl sites for hydroxylation is 2. The molecule has 1 aromatic carbocycles. The summed E-state index contributed by atoms with van der Waals surface area (Å²) in [7, 11) is 0. The molecular formula is C20H24ClNOS. The zero-order valence-electron chi connectivity index (χ0n) is 14.1. The molecule has 1 fully saturated rings. The van der Waals surface area contributed by atoms with Gasteiger partial charge in [0, 0.05) is 24.4 Å². The van der Waals surface area contributed by atoms with Crippen LogP contribution in [0.4, 0.5) is 0 Å². The Kier molecular flexibility index (Phi) is 5.96. The maximum Gasteiger partial charge on any atom is 0.222 e. The first kappa shape index (κ1) is 17.5. The van der Waals surface area contributed by atoms with Crippen LogP contribution in [0, 0.1) is 12.8 Å². The van der Waals surface area contributed by atoms with E-state index in [-0.39, 0.29) is 5.91 Å². The van der Waals surface area contributed by atoms with Crippen molar-refractivity contribution in [3.63, 3.8) is 0 Å². The van der Waals surface area contributed by atoms with Crippen molar-refractivity contribution in [1.29, 1.82) is 0 Å². The average Bonchev–Trinajstić information content (AvgIpc) is 3.00. The molecule has 0 spiro atoms. The number of carbonyl (C=O) groups excluding carboxylic acids is 1. The molecule has 0 saturated carbocycles. The molecule has 1 aliphatic rings. The smallest absolute Gasteiger partial charge is 0.222 e. The second kappa shape index (κ2) is 8.17. The fourth-order valence-electron chi connectivity index (χ4n) is 3.39. The monoisotopic (exact) mass is 361 g/mol. The molecule has 2 aromatic rings. The van der Waals surface area contributed by atoms with Gasteiger partial charge in [0.25, 0.3) is 0 Å². The maximum absolute atomic E-state index is 12.5. The molecular weight excluding hydrogens is 338 g/mol. The molecule has 2 heterocycles. The summed E-state index contributed by atoms with van der Waals surface area (Å²) in [6, 6.07) is 12.7. The van der Waals surface area contributed by atoms with E-state index < -0.39 is 0 Å². The van der Waals surface area contributed by atoms with Gasteiger partial charge in [-0.1, -0.05) is 41.4 Å². The molecule has 0 N–H and O–H groups in total. The van der Waals surface area contributed by atoms with Gasteiger partial charge in [0.05, 0.1) is 4.34 Å². The fourth-order valence-corrected chi connectivity index (χ4v) is 4.48. The third-order valence-electron chi connectivity index (χ3n) is 4.73. The van der Waals surface area contributed by atoms with E-state index in [1.54, 1.807) is 11.3 Å². The number of thiophene rings is 1. The number of carbonyl (C=O) groups is 1. The van der Waals surface area contributed by atoms with Gasteiger partial charge in [-0.15, -0.1) is 11.3 Å². The summed E-state index contributed by atoms with van der Waals surface area (Å²) >= 11 is 7.53. The predicted octanol–water partition coefficient (Wildman–Crippen LogP) is 5.12. The second-order valence-corrected chi connectivity index (χ2v) is 8.54. The second-order valence-electron chi connectivity index (χ2n) is 6.74.